The smallest absolute Gasteiger partial charge is 0.257 e. The molecule has 3 N–H and O–H groups in total. The third-order valence-electron chi connectivity index (χ3n) is 5.00. The number of carbonyl (C=O) groups is 1. The molecule has 0 spiro atoms. The Balaban J connectivity index is 1.35. The molecule has 0 unspecified atom stereocenters. The van der Waals surface area contributed by atoms with Crippen LogP contribution in [0.5, 0.6) is 5.75 Å². The number of nitrogens with zero attached hydrogens (tertiary/aromatic N) is 4. The molecule has 10 heteroatoms. The minimum absolute atomic E-state index is 0.142. The molecule has 0 radical (unpaired) electrons. The fourth-order valence-electron chi connectivity index (χ4n) is 3.39. The number of hydrogen-bond acceptors (Lipinski definition) is 7. The first kappa shape index (κ1) is 21.1. The molecule has 31 heavy (non-hydrogen) atoms. The monoisotopic (exact) mass is 442 g/mol. The van der Waals surface area contributed by atoms with Crippen molar-refractivity contribution in [3.8, 4) is 5.75 Å². The number of morpholine rings is 1. The summed E-state index contributed by atoms with van der Waals surface area (Å²) in [4.78, 5) is 22.7. The minimum atomic E-state index is -0.313. The molecule has 162 valence electrons. The predicted molar refractivity (Wildman–Crippen MR) is 115 cm³/mol. The van der Waals surface area contributed by atoms with Gasteiger partial charge in [0.1, 0.15) is 11.9 Å². The predicted octanol–water partition coefficient (Wildman–Crippen LogP) is 2.58. The number of rotatable bonds is 6. The second-order valence-electron chi connectivity index (χ2n) is 7.21. The van der Waals surface area contributed by atoms with Crippen LogP contribution in [0.3, 0.4) is 0 Å². The summed E-state index contributed by atoms with van der Waals surface area (Å²) in [5, 5.41) is 8.02. The molecule has 2 aromatic heterocycles. The summed E-state index contributed by atoms with van der Waals surface area (Å²) < 4.78 is 11.6. The van der Waals surface area contributed by atoms with E-state index in [0.717, 1.165) is 17.1 Å². The highest BCUT2D eigenvalue weighted by Crippen LogP contribution is 2.23. The van der Waals surface area contributed by atoms with Crippen molar-refractivity contribution in [1.82, 2.24) is 25.1 Å². The molecule has 0 saturated carbocycles. The van der Waals surface area contributed by atoms with E-state index in [2.05, 4.69) is 20.2 Å². The maximum atomic E-state index is 12.9. The number of ether oxygens (including phenoxy) is 2. The number of anilines is 1. The second-order valence-corrected chi connectivity index (χ2v) is 7.65. The van der Waals surface area contributed by atoms with Gasteiger partial charge in [-0.1, -0.05) is 17.7 Å². The maximum Gasteiger partial charge on any atom is 0.257 e. The second kappa shape index (κ2) is 9.32. The van der Waals surface area contributed by atoms with Crippen LogP contribution in [0.25, 0.3) is 0 Å². The standard InChI is InChI=1S/C21H23ClN6O3/c1-13-17(11-24-21(23)25-13)20(29)28-6-8-31-19(12-28)18-10-15(26-27-18)5-7-30-16-4-2-3-14(22)9-16/h2-4,9-11,19H,5-8,12H2,1H3,(H,26,27)(H2,23,24,25)/t19-/m0/s1. The van der Waals surface area contributed by atoms with Gasteiger partial charge in [0.15, 0.2) is 0 Å². The van der Waals surface area contributed by atoms with Crippen molar-refractivity contribution in [1.29, 1.82) is 0 Å². The molecule has 1 saturated heterocycles. The first-order chi connectivity index (χ1) is 15.0. The van der Waals surface area contributed by atoms with Gasteiger partial charge in [0, 0.05) is 29.9 Å². The topological polar surface area (TPSA) is 119 Å². The summed E-state index contributed by atoms with van der Waals surface area (Å²) in [6, 6.07) is 9.22. The van der Waals surface area contributed by atoms with E-state index in [4.69, 9.17) is 26.8 Å². The highest BCUT2D eigenvalue weighted by Gasteiger charge is 2.28. The Morgan fingerprint density at radius 2 is 2.29 bits per heavy atom. The molecule has 0 bridgehead atoms. The molecule has 1 aliphatic rings. The molecule has 4 rings (SSSR count). The van der Waals surface area contributed by atoms with Crippen molar-refractivity contribution < 1.29 is 14.3 Å². The first-order valence-corrected chi connectivity index (χ1v) is 10.3. The molecule has 1 aromatic carbocycles. The Labute approximate surface area is 184 Å². The van der Waals surface area contributed by atoms with Crippen molar-refractivity contribution in [2.45, 2.75) is 19.4 Å². The molecule has 1 amide bonds. The SMILES string of the molecule is Cc1nc(N)ncc1C(=O)N1CCO[C@H](c2cc(CCOc3cccc(Cl)c3)[nH]n2)C1. The number of halogens is 1. The number of nitrogen functional groups attached to an aromatic ring is 1. The van der Waals surface area contributed by atoms with Gasteiger partial charge >= 0.3 is 0 Å². The number of nitrogens with one attached hydrogen (secondary N) is 1. The Hall–Kier alpha value is -3.17. The highest BCUT2D eigenvalue weighted by atomic mass is 35.5. The van der Waals surface area contributed by atoms with Crippen LogP contribution in [0.2, 0.25) is 5.02 Å². The van der Waals surface area contributed by atoms with Crippen molar-refractivity contribution in [2.24, 2.45) is 0 Å². The summed E-state index contributed by atoms with van der Waals surface area (Å²) in [6.07, 6.45) is 1.81. The summed E-state index contributed by atoms with van der Waals surface area (Å²) in [6.45, 7) is 3.53. The third kappa shape index (κ3) is 5.12. The Kier molecular flexibility index (Phi) is 6.34. The number of amides is 1. The molecule has 3 heterocycles. The van der Waals surface area contributed by atoms with Crippen molar-refractivity contribution >= 4 is 23.5 Å². The van der Waals surface area contributed by atoms with Gasteiger partial charge in [-0.05, 0) is 31.2 Å². The number of aromatic amines is 1. The van der Waals surface area contributed by atoms with Gasteiger partial charge in [-0.15, -0.1) is 0 Å². The zero-order chi connectivity index (χ0) is 21.8. The Bertz CT molecular complexity index is 1070. The van der Waals surface area contributed by atoms with Crippen LogP contribution in [0.15, 0.2) is 36.5 Å². The molecule has 0 aliphatic carbocycles. The van der Waals surface area contributed by atoms with E-state index in [1.807, 2.05) is 18.2 Å². The fraction of sp³-hybridized carbons (Fsp3) is 0.333. The lowest BCUT2D eigenvalue weighted by Crippen LogP contribution is -2.42. The number of aryl methyl sites for hydroxylation is 1. The number of H-pyrrole nitrogens is 1. The lowest BCUT2D eigenvalue weighted by Gasteiger charge is -2.32. The molecule has 1 atom stereocenters. The van der Waals surface area contributed by atoms with Crippen molar-refractivity contribution in [3.05, 3.63) is 64.2 Å². The molecule has 1 fully saturated rings. The normalized spacial score (nSPS) is 16.3. The molecule has 1 aliphatic heterocycles. The zero-order valence-electron chi connectivity index (χ0n) is 17.0. The minimum Gasteiger partial charge on any atom is -0.493 e. The van der Waals surface area contributed by atoms with Crippen LogP contribution >= 0.6 is 11.6 Å². The summed E-state index contributed by atoms with van der Waals surface area (Å²) in [5.41, 5.74) is 8.26. The third-order valence-corrected chi connectivity index (χ3v) is 5.23. The maximum absolute atomic E-state index is 12.9. The molecule has 9 nitrogen and oxygen atoms in total. The van der Waals surface area contributed by atoms with Crippen molar-refractivity contribution in [3.63, 3.8) is 0 Å². The fourth-order valence-corrected chi connectivity index (χ4v) is 3.57. The van der Waals surface area contributed by atoms with Crippen molar-refractivity contribution in [2.75, 3.05) is 32.0 Å². The largest absolute Gasteiger partial charge is 0.493 e. The van der Waals surface area contributed by atoms with Gasteiger partial charge in [-0.25, -0.2) is 9.97 Å². The average molecular weight is 443 g/mol. The molecular formula is C21H23ClN6O3. The first-order valence-electron chi connectivity index (χ1n) is 9.92. The van der Waals surface area contributed by atoms with Crippen LogP contribution in [0.1, 0.15) is 33.5 Å². The number of benzene rings is 1. The van der Waals surface area contributed by atoms with Gasteiger partial charge in [0.25, 0.3) is 5.91 Å². The van der Waals surface area contributed by atoms with Gasteiger partial charge in [-0.3, -0.25) is 9.89 Å². The van der Waals surface area contributed by atoms with E-state index in [9.17, 15) is 4.79 Å². The molecular weight excluding hydrogens is 420 g/mol. The van der Waals surface area contributed by atoms with Gasteiger partial charge < -0.3 is 20.1 Å². The van der Waals surface area contributed by atoms with E-state index in [0.29, 0.717) is 49.0 Å². The number of aromatic nitrogens is 4. The van der Waals surface area contributed by atoms with Gasteiger partial charge in [0.05, 0.1) is 36.7 Å². The van der Waals surface area contributed by atoms with E-state index in [1.54, 1.807) is 24.0 Å². The number of nitrogens with two attached hydrogens (primary N) is 1. The number of carbonyl (C=O) groups excluding carboxylic acids is 1. The quantitative estimate of drug-likeness (QED) is 0.602. The molecule has 3 aromatic rings. The van der Waals surface area contributed by atoms with E-state index >= 15 is 0 Å². The number of hydrogen-bond donors (Lipinski definition) is 2. The summed E-state index contributed by atoms with van der Waals surface area (Å²) in [5.74, 6) is 0.729. The summed E-state index contributed by atoms with van der Waals surface area (Å²) >= 11 is 5.97. The summed E-state index contributed by atoms with van der Waals surface area (Å²) in [7, 11) is 0. The van der Waals surface area contributed by atoms with Crippen LogP contribution in [-0.2, 0) is 11.2 Å². The average Bonchev–Trinajstić information content (AvgIpc) is 3.22. The van der Waals surface area contributed by atoms with E-state index < -0.39 is 0 Å². The van der Waals surface area contributed by atoms with Gasteiger partial charge in [0.2, 0.25) is 5.95 Å². The lowest BCUT2D eigenvalue weighted by molar-refractivity contribution is -0.0248. The van der Waals surface area contributed by atoms with Crippen LogP contribution in [0, 0.1) is 6.92 Å². The van der Waals surface area contributed by atoms with Crippen LogP contribution in [0.4, 0.5) is 5.95 Å². The van der Waals surface area contributed by atoms with Crippen LogP contribution < -0.4 is 10.5 Å². The van der Waals surface area contributed by atoms with Crippen LogP contribution in [-0.4, -0.2) is 57.3 Å². The Morgan fingerprint density at radius 1 is 1.42 bits per heavy atom. The van der Waals surface area contributed by atoms with E-state index in [1.165, 1.54) is 6.20 Å². The Morgan fingerprint density at radius 3 is 3.10 bits per heavy atom. The highest BCUT2D eigenvalue weighted by molar-refractivity contribution is 6.30. The van der Waals surface area contributed by atoms with E-state index in [-0.39, 0.29) is 18.0 Å². The van der Waals surface area contributed by atoms with Gasteiger partial charge in [-0.2, -0.15) is 5.10 Å². The lowest BCUT2D eigenvalue weighted by atomic mass is 10.1. The zero-order valence-corrected chi connectivity index (χ0v) is 17.8.